The van der Waals surface area contributed by atoms with Crippen LogP contribution in [0.15, 0.2) is 12.4 Å². The number of unbranched alkanes of at least 4 members (excludes halogenated alkanes) is 22. The Kier molecular flexibility index (Phi) is 24.1. The maximum Gasteiger partial charge on any atom is 0.101 e. The van der Waals surface area contributed by atoms with E-state index in [4.69, 9.17) is 0 Å². The van der Waals surface area contributed by atoms with E-state index in [0.717, 1.165) is 0 Å². The van der Waals surface area contributed by atoms with E-state index in [-0.39, 0.29) is 0 Å². The minimum absolute atomic E-state index is 0.640. The molecule has 0 bridgehead atoms. The van der Waals surface area contributed by atoms with Gasteiger partial charge in [0.2, 0.25) is 0 Å². The summed E-state index contributed by atoms with van der Waals surface area (Å²) in [6.45, 7) is 9.41. The molecule has 0 amide bonds. The second kappa shape index (κ2) is 26.0. The first-order valence-electron chi connectivity index (χ1n) is 17.0. The summed E-state index contributed by atoms with van der Waals surface area (Å²) in [6.07, 6.45) is 42.6. The fraction of sp³-hybridized carbons (Fsp3) is 0.941. The molecule has 0 aliphatic carbocycles. The van der Waals surface area contributed by atoms with Gasteiger partial charge in [-0.05, 0) is 25.7 Å². The molecule has 0 saturated carbocycles. The van der Waals surface area contributed by atoms with Crippen LogP contribution in [0.3, 0.4) is 0 Å². The number of hydrogen-bond donors (Lipinski definition) is 0. The first-order valence-corrected chi connectivity index (χ1v) is 17.0. The van der Waals surface area contributed by atoms with Crippen LogP contribution < -0.4 is 0 Å². The molecule has 2 nitrogen and oxygen atoms in total. The smallest absolute Gasteiger partial charge is 0.101 e. The van der Waals surface area contributed by atoms with Crippen molar-refractivity contribution < 1.29 is 0 Å². The van der Waals surface area contributed by atoms with Crippen molar-refractivity contribution >= 4 is 0 Å². The summed E-state index contributed by atoms with van der Waals surface area (Å²) in [5.41, 5.74) is 0. The molecule has 0 radical (unpaired) electrons. The van der Waals surface area contributed by atoms with Crippen molar-refractivity contribution in [2.45, 2.75) is 194 Å². The molecule has 0 fully saturated rings. The summed E-state index contributed by atoms with van der Waals surface area (Å²) in [7, 11) is 0. The highest BCUT2D eigenvalue weighted by atomic mass is 15.4. The van der Waals surface area contributed by atoms with Gasteiger partial charge in [0.1, 0.15) is 6.17 Å². The molecule has 1 aliphatic heterocycles. The molecule has 0 aromatic carbocycles. The number of hydrogen-bond acceptors (Lipinski definition) is 2. The third kappa shape index (κ3) is 18.6. The molecule has 1 heterocycles. The molecule has 214 valence electrons. The molecule has 1 rings (SSSR count). The quantitative estimate of drug-likeness (QED) is 0.0977. The van der Waals surface area contributed by atoms with Gasteiger partial charge in [0.25, 0.3) is 0 Å². The zero-order valence-electron chi connectivity index (χ0n) is 25.4. The van der Waals surface area contributed by atoms with Crippen LogP contribution in [0.4, 0.5) is 0 Å². The molecule has 0 spiro atoms. The largest absolute Gasteiger partial charge is 0.356 e. The van der Waals surface area contributed by atoms with Crippen LogP contribution in [-0.2, 0) is 0 Å². The van der Waals surface area contributed by atoms with Crippen LogP contribution in [0, 0.1) is 0 Å². The molecular formula is C34H68N2. The molecule has 0 N–H and O–H groups in total. The predicted molar refractivity (Wildman–Crippen MR) is 163 cm³/mol. The lowest BCUT2D eigenvalue weighted by Crippen LogP contribution is -2.39. The first kappa shape index (κ1) is 33.4. The summed E-state index contributed by atoms with van der Waals surface area (Å²) < 4.78 is 0. The molecule has 0 aromatic rings. The van der Waals surface area contributed by atoms with Crippen LogP contribution in [0.1, 0.15) is 188 Å². The third-order valence-electron chi connectivity index (χ3n) is 8.28. The van der Waals surface area contributed by atoms with Gasteiger partial charge >= 0.3 is 0 Å². The van der Waals surface area contributed by atoms with Crippen LogP contribution in [0.2, 0.25) is 0 Å². The minimum Gasteiger partial charge on any atom is -0.356 e. The van der Waals surface area contributed by atoms with E-state index >= 15 is 0 Å². The van der Waals surface area contributed by atoms with Gasteiger partial charge in [-0.1, -0.05) is 162 Å². The van der Waals surface area contributed by atoms with Crippen LogP contribution in [0.25, 0.3) is 0 Å². The van der Waals surface area contributed by atoms with E-state index < -0.39 is 0 Å². The summed E-state index contributed by atoms with van der Waals surface area (Å²) in [5.74, 6) is 0. The van der Waals surface area contributed by atoms with Gasteiger partial charge in [-0.25, -0.2) is 0 Å². The van der Waals surface area contributed by atoms with Crippen molar-refractivity contribution in [2.24, 2.45) is 0 Å². The van der Waals surface area contributed by atoms with E-state index in [1.165, 1.54) is 180 Å². The summed E-state index contributed by atoms with van der Waals surface area (Å²) >= 11 is 0. The van der Waals surface area contributed by atoms with E-state index in [2.05, 4.69) is 43.0 Å². The maximum absolute atomic E-state index is 2.66. The molecule has 1 atom stereocenters. The normalized spacial score (nSPS) is 15.5. The SMILES string of the molecule is CCCCCCCCCCCCCCCCCCCC1N(CCC)C=CN1CCCCCCCCC. The molecule has 0 aromatic heterocycles. The monoisotopic (exact) mass is 505 g/mol. The fourth-order valence-electron chi connectivity index (χ4n) is 5.90. The lowest BCUT2D eigenvalue weighted by atomic mass is 10.0. The Bertz CT molecular complexity index is 460. The zero-order chi connectivity index (χ0) is 25.9. The maximum atomic E-state index is 2.66. The topological polar surface area (TPSA) is 6.48 Å². The number of nitrogens with zero attached hydrogens (tertiary/aromatic N) is 2. The molecule has 0 saturated heterocycles. The highest BCUT2D eigenvalue weighted by molar-refractivity contribution is 4.96. The predicted octanol–water partition coefficient (Wildman–Crippen LogP) is 11.6. The Morgan fingerprint density at radius 2 is 0.694 bits per heavy atom. The van der Waals surface area contributed by atoms with Gasteiger partial charge in [0, 0.05) is 25.5 Å². The van der Waals surface area contributed by atoms with Crippen molar-refractivity contribution in [2.75, 3.05) is 13.1 Å². The van der Waals surface area contributed by atoms with Crippen molar-refractivity contribution in [3.05, 3.63) is 12.4 Å². The van der Waals surface area contributed by atoms with Gasteiger partial charge < -0.3 is 9.80 Å². The Balaban J connectivity index is 1.97. The average Bonchev–Trinajstić information content (AvgIpc) is 3.26. The van der Waals surface area contributed by atoms with Crippen molar-refractivity contribution in [3.8, 4) is 0 Å². The highest BCUT2D eigenvalue weighted by Crippen LogP contribution is 2.23. The summed E-state index contributed by atoms with van der Waals surface area (Å²) in [4.78, 5) is 5.28. The van der Waals surface area contributed by atoms with Gasteiger partial charge in [0.05, 0.1) is 0 Å². The lowest BCUT2D eigenvalue weighted by Gasteiger charge is -2.33. The summed E-state index contributed by atoms with van der Waals surface area (Å²) in [5, 5.41) is 0. The Morgan fingerprint density at radius 1 is 0.361 bits per heavy atom. The minimum atomic E-state index is 0.640. The Morgan fingerprint density at radius 3 is 1.08 bits per heavy atom. The fourth-order valence-corrected chi connectivity index (χ4v) is 5.90. The van der Waals surface area contributed by atoms with Crippen molar-refractivity contribution in [1.29, 1.82) is 0 Å². The van der Waals surface area contributed by atoms with E-state index in [1.54, 1.807) is 0 Å². The van der Waals surface area contributed by atoms with Crippen molar-refractivity contribution in [1.82, 2.24) is 9.80 Å². The van der Waals surface area contributed by atoms with Gasteiger partial charge in [0.15, 0.2) is 0 Å². The average molecular weight is 505 g/mol. The Labute approximate surface area is 229 Å². The van der Waals surface area contributed by atoms with Crippen LogP contribution >= 0.6 is 0 Å². The van der Waals surface area contributed by atoms with E-state index in [0.29, 0.717) is 6.17 Å². The van der Waals surface area contributed by atoms with Gasteiger partial charge in [-0.2, -0.15) is 0 Å². The van der Waals surface area contributed by atoms with E-state index in [9.17, 15) is 0 Å². The second-order valence-electron chi connectivity index (χ2n) is 11.8. The lowest BCUT2D eigenvalue weighted by molar-refractivity contribution is 0.137. The van der Waals surface area contributed by atoms with Crippen molar-refractivity contribution in [3.63, 3.8) is 0 Å². The third-order valence-corrected chi connectivity index (χ3v) is 8.28. The Hall–Kier alpha value is -0.660. The zero-order valence-corrected chi connectivity index (χ0v) is 25.4. The van der Waals surface area contributed by atoms with Crippen LogP contribution in [0.5, 0.6) is 0 Å². The molecular weight excluding hydrogens is 436 g/mol. The van der Waals surface area contributed by atoms with E-state index in [1.807, 2.05) is 0 Å². The van der Waals surface area contributed by atoms with Crippen LogP contribution in [-0.4, -0.2) is 29.1 Å². The summed E-state index contributed by atoms with van der Waals surface area (Å²) in [6, 6.07) is 0. The molecule has 1 unspecified atom stereocenters. The number of rotatable bonds is 28. The second-order valence-corrected chi connectivity index (χ2v) is 11.8. The molecule has 2 heteroatoms. The van der Waals surface area contributed by atoms with Gasteiger partial charge in [-0.3, -0.25) is 0 Å². The standard InChI is InChI=1S/C34H68N2/c1-4-7-9-11-13-14-15-16-17-18-19-20-21-22-23-25-27-29-34-35(30-6-3)32-33-36(34)31-28-26-24-12-10-8-5-2/h32-34H,4-31H2,1-3H3. The molecule has 1 aliphatic rings. The van der Waals surface area contributed by atoms with Gasteiger partial charge in [-0.15, -0.1) is 0 Å². The first-order chi connectivity index (χ1) is 17.8. The highest BCUT2D eigenvalue weighted by Gasteiger charge is 2.24. The molecule has 36 heavy (non-hydrogen) atoms.